The van der Waals surface area contributed by atoms with E-state index >= 15 is 0 Å². The lowest BCUT2D eigenvalue weighted by atomic mass is 9.82. The second-order valence-corrected chi connectivity index (χ2v) is 3.86. The van der Waals surface area contributed by atoms with Gasteiger partial charge in [-0.2, -0.15) is 0 Å². The van der Waals surface area contributed by atoms with Gasteiger partial charge in [-0.05, 0) is 11.5 Å². The van der Waals surface area contributed by atoms with Crippen LogP contribution in [0.25, 0.3) is 0 Å². The van der Waals surface area contributed by atoms with Crippen LogP contribution in [-0.4, -0.2) is 0 Å². The molecule has 0 radical (unpaired) electrons. The van der Waals surface area contributed by atoms with E-state index in [9.17, 15) is 0 Å². The van der Waals surface area contributed by atoms with Crippen LogP contribution in [0.2, 0.25) is 0 Å². The quantitative estimate of drug-likeness (QED) is 0.551. The van der Waals surface area contributed by atoms with Gasteiger partial charge >= 0.3 is 0 Å². The highest BCUT2D eigenvalue weighted by molar-refractivity contribution is 5.42. The van der Waals surface area contributed by atoms with E-state index in [0.29, 0.717) is 17.8 Å². The van der Waals surface area contributed by atoms with Crippen molar-refractivity contribution >= 4 is 0 Å². The molecule has 0 nitrogen and oxygen atoms in total. The van der Waals surface area contributed by atoms with Gasteiger partial charge < -0.3 is 0 Å². The lowest BCUT2D eigenvalue weighted by molar-refractivity contribution is 0.509. The number of hydrogen-bond acceptors (Lipinski definition) is 0. The molecule has 0 heterocycles. The smallest absolute Gasteiger partial charge is 0.00897 e. The van der Waals surface area contributed by atoms with E-state index in [1.807, 2.05) is 13.8 Å². The average Bonchev–Trinajstić information content (AvgIpc) is 2.70. The summed E-state index contributed by atoms with van der Waals surface area (Å²) >= 11 is 0. The monoisotopic (exact) mass is 198 g/mol. The van der Waals surface area contributed by atoms with Crippen LogP contribution in [0.4, 0.5) is 0 Å². The summed E-state index contributed by atoms with van der Waals surface area (Å²) in [6, 6.07) is 0. The molecule has 0 spiro atoms. The fraction of sp³-hybridized carbons (Fsp3) is 0.333. The summed E-state index contributed by atoms with van der Waals surface area (Å²) in [7, 11) is 0. The lowest BCUT2D eigenvalue weighted by Crippen LogP contribution is -2.14. The van der Waals surface area contributed by atoms with Crippen LogP contribution in [0.5, 0.6) is 0 Å². The number of hydrogen-bond donors (Lipinski definition) is 0. The molecule has 0 saturated carbocycles. The van der Waals surface area contributed by atoms with Crippen molar-refractivity contribution in [1.82, 2.24) is 0 Å². The molecule has 3 rings (SSSR count). The van der Waals surface area contributed by atoms with Crippen LogP contribution in [0.3, 0.4) is 0 Å². The molecule has 0 heteroatoms. The molecule has 0 amide bonds. The van der Waals surface area contributed by atoms with E-state index < -0.39 is 0 Å². The van der Waals surface area contributed by atoms with Gasteiger partial charge in [-0.3, -0.25) is 0 Å². The van der Waals surface area contributed by atoms with Crippen molar-refractivity contribution in [2.45, 2.75) is 13.8 Å². The Bertz CT molecular complexity index is 363. The topological polar surface area (TPSA) is 0 Å². The predicted octanol–water partition coefficient (Wildman–Crippen LogP) is 4.05. The van der Waals surface area contributed by atoms with Gasteiger partial charge in [0, 0.05) is 11.8 Å². The first-order valence-electron chi connectivity index (χ1n) is 5.87. The summed E-state index contributed by atoms with van der Waals surface area (Å²) in [5.74, 6) is 1.95. The van der Waals surface area contributed by atoms with E-state index in [1.54, 1.807) is 0 Å². The molecule has 0 N–H and O–H groups in total. The third-order valence-electron chi connectivity index (χ3n) is 3.12. The lowest BCUT2D eigenvalue weighted by Gasteiger charge is -2.21. The Balaban J connectivity index is 0.000000404. The van der Waals surface area contributed by atoms with Crippen LogP contribution in [0.15, 0.2) is 60.3 Å². The second-order valence-electron chi connectivity index (χ2n) is 3.86. The van der Waals surface area contributed by atoms with E-state index in [4.69, 9.17) is 0 Å². The molecule has 0 aliphatic heterocycles. The summed E-state index contributed by atoms with van der Waals surface area (Å²) in [5.41, 5.74) is 1.49. The molecule has 0 aromatic heterocycles. The van der Waals surface area contributed by atoms with Crippen molar-refractivity contribution in [3.63, 3.8) is 0 Å². The minimum atomic E-state index is 0.635. The molecule has 0 bridgehead atoms. The standard InChI is InChI=1S/C13H12.C2H6/c1-3-7-12-10(5-1)9-11-6-2-4-8-13(11)12;1-2/h1-10,12-13H;1-2H3. The highest BCUT2D eigenvalue weighted by Crippen LogP contribution is 2.42. The van der Waals surface area contributed by atoms with Crippen LogP contribution in [0, 0.1) is 17.8 Å². The maximum Gasteiger partial charge on any atom is 0.00897 e. The summed E-state index contributed by atoms with van der Waals surface area (Å²) in [6.45, 7) is 4.00. The largest absolute Gasteiger partial charge is 0.0796 e. The second kappa shape index (κ2) is 4.48. The van der Waals surface area contributed by atoms with Crippen LogP contribution >= 0.6 is 0 Å². The molecule has 0 aromatic rings. The van der Waals surface area contributed by atoms with E-state index in [1.165, 1.54) is 5.57 Å². The maximum absolute atomic E-state index is 2.40. The summed E-state index contributed by atoms with van der Waals surface area (Å²) < 4.78 is 0. The summed E-state index contributed by atoms with van der Waals surface area (Å²) in [5, 5.41) is 0. The van der Waals surface area contributed by atoms with Crippen molar-refractivity contribution in [2.24, 2.45) is 17.8 Å². The summed E-state index contributed by atoms with van der Waals surface area (Å²) in [6.07, 6.45) is 20.2. The number of allylic oxidation sites excluding steroid dienone is 10. The van der Waals surface area contributed by atoms with Crippen molar-refractivity contribution in [2.75, 3.05) is 0 Å². The van der Waals surface area contributed by atoms with Gasteiger partial charge in [-0.1, -0.05) is 68.5 Å². The fourth-order valence-corrected chi connectivity index (χ4v) is 2.48. The number of rotatable bonds is 0. The van der Waals surface area contributed by atoms with Crippen molar-refractivity contribution in [1.29, 1.82) is 0 Å². The normalized spacial score (nSPS) is 34.0. The van der Waals surface area contributed by atoms with E-state index in [-0.39, 0.29) is 0 Å². The molecule has 15 heavy (non-hydrogen) atoms. The Labute approximate surface area is 92.4 Å². The van der Waals surface area contributed by atoms with Gasteiger partial charge in [0.15, 0.2) is 0 Å². The zero-order valence-corrected chi connectivity index (χ0v) is 9.43. The third-order valence-corrected chi connectivity index (χ3v) is 3.12. The molecular formula is C15H18. The predicted molar refractivity (Wildman–Crippen MR) is 66.5 cm³/mol. The van der Waals surface area contributed by atoms with Gasteiger partial charge in [0.2, 0.25) is 0 Å². The SMILES string of the molecule is C1=CC2=CC3C=CC=CC3C2C=C1.CC. The summed E-state index contributed by atoms with van der Waals surface area (Å²) in [4.78, 5) is 0. The van der Waals surface area contributed by atoms with Crippen molar-refractivity contribution < 1.29 is 0 Å². The van der Waals surface area contributed by atoms with Crippen LogP contribution in [-0.2, 0) is 0 Å². The first-order valence-corrected chi connectivity index (χ1v) is 5.87. The molecule has 3 atom stereocenters. The zero-order valence-electron chi connectivity index (χ0n) is 9.43. The van der Waals surface area contributed by atoms with Crippen molar-refractivity contribution in [3.8, 4) is 0 Å². The maximum atomic E-state index is 2.40. The molecule has 3 aliphatic carbocycles. The molecule has 78 valence electrons. The minimum absolute atomic E-state index is 0.635. The molecular weight excluding hydrogens is 180 g/mol. The highest BCUT2D eigenvalue weighted by Gasteiger charge is 2.32. The van der Waals surface area contributed by atoms with Gasteiger partial charge in [-0.15, -0.1) is 0 Å². The Hall–Kier alpha value is -1.30. The average molecular weight is 198 g/mol. The minimum Gasteiger partial charge on any atom is -0.0796 e. The Kier molecular flexibility index (Phi) is 3.05. The Morgan fingerprint density at radius 2 is 1.60 bits per heavy atom. The first kappa shape index (κ1) is 10.2. The third kappa shape index (κ3) is 1.77. The van der Waals surface area contributed by atoms with Crippen molar-refractivity contribution in [3.05, 3.63) is 60.3 Å². The Morgan fingerprint density at radius 3 is 2.47 bits per heavy atom. The molecule has 0 saturated heterocycles. The first-order chi connectivity index (χ1) is 7.45. The fourth-order valence-electron chi connectivity index (χ4n) is 2.48. The molecule has 0 aromatic carbocycles. The van der Waals surface area contributed by atoms with Gasteiger partial charge in [0.25, 0.3) is 0 Å². The highest BCUT2D eigenvalue weighted by atomic mass is 14.4. The molecule has 3 aliphatic rings. The molecule has 3 unspecified atom stereocenters. The van der Waals surface area contributed by atoms with Gasteiger partial charge in [0.05, 0.1) is 0 Å². The van der Waals surface area contributed by atoms with Crippen LogP contribution in [0.1, 0.15) is 13.8 Å². The zero-order chi connectivity index (χ0) is 10.7. The van der Waals surface area contributed by atoms with Gasteiger partial charge in [0.1, 0.15) is 0 Å². The number of fused-ring (bicyclic) bond motifs is 3. The van der Waals surface area contributed by atoms with E-state index in [0.717, 1.165) is 0 Å². The van der Waals surface area contributed by atoms with Crippen LogP contribution < -0.4 is 0 Å². The van der Waals surface area contributed by atoms with Gasteiger partial charge in [-0.25, -0.2) is 0 Å². The molecule has 0 fully saturated rings. The Morgan fingerprint density at radius 1 is 0.867 bits per heavy atom. The van der Waals surface area contributed by atoms with E-state index in [2.05, 4.69) is 54.7 Å².